The SMILES string of the molecule is CNC(=O)c1ccc2nc(-c3cccnc3)oc2c1. The van der Waals surface area contributed by atoms with Gasteiger partial charge in [0.1, 0.15) is 5.52 Å². The molecule has 0 aliphatic carbocycles. The minimum atomic E-state index is -0.152. The minimum absolute atomic E-state index is 0.152. The summed E-state index contributed by atoms with van der Waals surface area (Å²) in [5, 5.41) is 2.57. The van der Waals surface area contributed by atoms with Crippen LogP contribution in [0.4, 0.5) is 0 Å². The molecule has 5 nitrogen and oxygen atoms in total. The third kappa shape index (κ3) is 2.06. The van der Waals surface area contributed by atoms with Crippen molar-refractivity contribution in [3.63, 3.8) is 0 Å². The normalized spacial score (nSPS) is 10.6. The second-order valence-corrected chi connectivity index (χ2v) is 4.02. The molecule has 1 N–H and O–H groups in total. The first-order chi connectivity index (χ1) is 9.28. The fraction of sp³-hybridized carbons (Fsp3) is 0.0714. The van der Waals surface area contributed by atoms with E-state index in [0.717, 1.165) is 5.56 Å². The zero-order valence-electron chi connectivity index (χ0n) is 10.3. The van der Waals surface area contributed by atoms with Gasteiger partial charge in [-0.2, -0.15) is 0 Å². The van der Waals surface area contributed by atoms with E-state index in [1.807, 2.05) is 12.1 Å². The van der Waals surface area contributed by atoms with Crippen molar-refractivity contribution >= 4 is 17.0 Å². The Kier molecular flexibility index (Phi) is 2.72. The number of fused-ring (bicyclic) bond motifs is 1. The molecule has 0 aliphatic rings. The predicted octanol–water partition coefficient (Wildman–Crippen LogP) is 2.25. The van der Waals surface area contributed by atoms with Gasteiger partial charge in [0.15, 0.2) is 5.58 Å². The molecule has 0 saturated heterocycles. The second-order valence-electron chi connectivity index (χ2n) is 4.02. The summed E-state index contributed by atoms with van der Waals surface area (Å²) in [5.41, 5.74) is 2.65. The van der Waals surface area contributed by atoms with Crippen LogP contribution in [0.5, 0.6) is 0 Å². The molecule has 0 unspecified atom stereocenters. The van der Waals surface area contributed by atoms with Gasteiger partial charge in [0.2, 0.25) is 5.89 Å². The molecule has 19 heavy (non-hydrogen) atoms. The molecular formula is C14H11N3O2. The number of hydrogen-bond donors (Lipinski definition) is 1. The second kappa shape index (κ2) is 4.53. The van der Waals surface area contributed by atoms with Gasteiger partial charge >= 0.3 is 0 Å². The molecule has 3 rings (SSSR count). The van der Waals surface area contributed by atoms with Crippen molar-refractivity contribution in [1.29, 1.82) is 0 Å². The highest BCUT2D eigenvalue weighted by molar-refractivity contribution is 5.97. The van der Waals surface area contributed by atoms with Gasteiger partial charge in [-0.05, 0) is 30.3 Å². The standard InChI is InChI=1S/C14H11N3O2/c1-15-13(18)9-4-5-11-12(7-9)19-14(17-11)10-3-2-6-16-8-10/h2-8H,1H3,(H,15,18). The van der Waals surface area contributed by atoms with E-state index >= 15 is 0 Å². The maximum atomic E-state index is 11.6. The first-order valence-electron chi connectivity index (χ1n) is 5.81. The summed E-state index contributed by atoms with van der Waals surface area (Å²) in [7, 11) is 1.59. The van der Waals surface area contributed by atoms with Gasteiger partial charge in [-0.25, -0.2) is 4.98 Å². The van der Waals surface area contributed by atoms with Gasteiger partial charge in [0.25, 0.3) is 5.91 Å². The van der Waals surface area contributed by atoms with E-state index in [4.69, 9.17) is 4.42 Å². The number of carbonyl (C=O) groups excluding carboxylic acids is 1. The molecule has 5 heteroatoms. The van der Waals surface area contributed by atoms with Gasteiger partial charge in [-0.1, -0.05) is 0 Å². The van der Waals surface area contributed by atoms with Crippen molar-refractivity contribution in [2.75, 3.05) is 7.05 Å². The fourth-order valence-electron chi connectivity index (χ4n) is 1.82. The molecule has 0 spiro atoms. The highest BCUT2D eigenvalue weighted by Crippen LogP contribution is 2.24. The van der Waals surface area contributed by atoms with Crippen LogP contribution >= 0.6 is 0 Å². The summed E-state index contributed by atoms with van der Waals surface area (Å²) >= 11 is 0. The summed E-state index contributed by atoms with van der Waals surface area (Å²) in [6, 6.07) is 8.86. The van der Waals surface area contributed by atoms with E-state index in [2.05, 4.69) is 15.3 Å². The van der Waals surface area contributed by atoms with Gasteiger partial charge in [-0.3, -0.25) is 9.78 Å². The molecule has 0 radical (unpaired) electrons. The van der Waals surface area contributed by atoms with Crippen LogP contribution in [0.25, 0.3) is 22.6 Å². The molecule has 1 aromatic carbocycles. The van der Waals surface area contributed by atoms with Crippen LogP contribution in [0.3, 0.4) is 0 Å². The van der Waals surface area contributed by atoms with E-state index in [-0.39, 0.29) is 5.91 Å². The van der Waals surface area contributed by atoms with Gasteiger partial charge in [0.05, 0.1) is 5.56 Å². The molecule has 0 fully saturated rings. The summed E-state index contributed by atoms with van der Waals surface area (Å²) in [5.74, 6) is 0.346. The van der Waals surface area contributed by atoms with Gasteiger partial charge in [-0.15, -0.1) is 0 Å². The van der Waals surface area contributed by atoms with E-state index in [9.17, 15) is 4.79 Å². The van der Waals surface area contributed by atoms with Crippen molar-refractivity contribution in [1.82, 2.24) is 15.3 Å². The highest BCUT2D eigenvalue weighted by Gasteiger charge is 2.10. The molecule has 2 heterocycles. The van der Waals surface area contributed by atoms with E-state index in [0.29, 0.717) is 22.6 Å². The number of aromatic nitrogens is 2. The largest absolute Gasteiger partial charge is 0.436 e. The Hall–Kier alpha value is -2.69. The lowest BCUT2D eigenvalue weighted by molar-refractivity contribution is 0.0963. The zero-order chi connectivity index (χ0) is 13.2. The Balaban J connectivity index is 2.09. The molecule has 0 aliphatic heterocycles. The van der Waals surface area contributed by atoms with Gasteiger partial charge < -0.3 is 9.73 Å². The van der Waals surface area contributed by atoms with Crippen LogP contribution in [-0.2, 0) is 0 Å². The van der Waals surface area contributed by atoms with Crippen molar-refractivity contribution < 1.29 is 9.21 Å². The lowest BCUT2D eigenvalue weighted by atomic mass is 10.2. The monoisotopic (exact) mass is 253 g/mol. The van der Waals surface area contributed by atoms with Crippen molar-refractivity contribution in [3.05, 3.63) is 48.3 Å². The number of nitrogens with one attached hydrogen (secondary N) is 1. The quantitative estimate of drug-likeness (QED) is 0.760. The number of pyridine rings is 1. The molecule has 0 saturated carbocycles. The zero-order valence-corrected chi connectivity index (χ0v) is 10.3. The number of carbonyl (C=O) groups is 1. The number of hydrogen-bond acceptors (Lipinski definition) is 4. The average Bonchev–Trinajstić information content (AvgIpc) is 2.90. The molecular weight excluding hydrogens is 242 g/mol. The van der Waals surface area contributed by atoms with Crippen molar-refractivity contribution in [2.24, 2.45) is 0 Å². The number of nitrogens with zero attached hydrogens (tertiary/aromatic N) is 2. The van der Waals surface area contributed by atoms with Crippen LogP contribution in [0, 0.1) is 0 Å². The van der Waals surface area contributed by atoms with Gasteiger partial charge in [0, 0.05) is 25.0 Å². The Morgan fingerprint density at radius 1 is 1.32 bits per heavy atom. The lowest BCUT2D eigenvalue weighted by Gasteiger charge is -1.97. The maximum absolute atomic E-state index is 11.6. The molecule has 3 aromatic rings. The van der Waals surface area contributed by atoms with Crippen LogP contribution < -0.4 is 5.32 Å². The highest BCUT2D eigenvalue weighted by atomic mass is 16.3. The number of rotatable bonds is 2. The fourth-order valence-corrected chi connectivity index (χ4v) is 1.82. The van der Waals surface area contributed by atoms with Crippen molar-refractivity contribution in [2.45, 2.75) is 0 Å². The van der Waals surface area contributed by atoms with Crippen LogP contribution in [0.1, 0.15) is 10.4 Å². The van der Waals surface area contributed by atoms with E-state index < -0.39 is 0 Å². The predicted molar refractivity (Wildman–Crippen MR) is 70.6 cm³/mol. The van der Waals surface area contributed by atoms with Crippen LogP contribution in [-0.4, -0.2) is 22.9 Å². The summed E-state index contributed by atoms with van der Waals surface area (Å²) in [6.45, 7) is 0. The van der Waals surface area contributed by atoms with Crippen LogP contribution in [0.15, 0.2) is 47.1 Å². The third-order valence-electron chi connectivity index (χ3n) is 2.79. The smallest absolute Gasteiger partial charge is 0.251 e. The number of oxazole rings is 1. The first-order valence-corrected chi connectivity index (χ1v) is 5.81. The Morgan fingerprint density at radius 2 is 2.21 bits per heavy atom. The number of amides is 1. The molecule has 1 amide bonds. The average molecular weight is 253 g/mol. The lowest BCUT2D eigenvalue weighted by Crippen LogP contribution is -2.17. The van der Waals surface area contributed by atoms with E-state index in [1.165, 1.54) is 0 Å². The summed E-state index contributed by atoms with van der Waals surface area (Å²) in [6.07, 6.45) is 3.38. The molecule has 0 atom stereocenters. The third-order valence-corrected chi connectivity index (χ3v) is 2.79. The summed E-state index contributed by atoms with van der Waals surface area (Å²) in [4.78, 5) is 19.9. The van der Waals surface area contributed by atoms with E-state index in [1.54, 1.807) is 37.6 Å². The molecule has 94 valence electrons. The summed E-state index contributed by atoms with van der Waals surface area (Å²) < 4.78 is 5.66. The topological polar surface area (TPSA) is 68.0 Å². The Labute approximate surface area is 109 Å². The Morgan fingerprint density at radius 3 is 2.95 bits per heavy atom. The molecule has 2 aromatic heterocycles. The minimum Gasteiger partial charge on any atom is -0.436 e. The molecule has 0 bridgehead atoms. The van der Waals surface area contributed by atoms with Crippen molar-refractivity contribution in [3.8, 4) is 11.5 Å². The Bertz CT molecular complexity index is 735. The number of benzene rings is 1. The van der Waals surface area contributed by atoms with Crippen LogP contribution in [0.2, 0.25) is 0 Å². The first kappa shape index (κ1) is 11.4. The maximum Gasteiger partial charge on any atom is 0.251 e.